The van der Waals surface area contributed by atoms with Crippen molar-refractivity contribution in [2.45, 2.75) is 31.9 Å². The average Bonchev–Trinajstić information content (AvgIpc) is 2.31. The molecule has 0 saturated carbocycles. The zero-order valence-corrected chi connectivity index (χ0v) is 10.5. The van der Waals surface area contributed by atoms with E-state index in [1.807, 2.05) is 19.3 Å². The van der Waals surface area contributed by atoms with Crippen LogP contribution in [0.3, 0.4) is 0 Å². The van der Waals surface area contributed by atoms with Crippen molar-refractivity contribution >= 4 is 11.9 Å². The summed E-state index contributed by atoms with van der Waals surface area (Å²) in [5, 5.41) is 12.9. The number of aromatic nitrogens is 2. The minimum atomic E-state index is 0.301. The lowest BCUT2D eigenvalue weighted by Gasteiger charge is -2.15. The standard InChI is InChI=1S/C9H15N3S.CH4O/c1-6-4-11-9(12-5-6)7(2)8(3)13-10;1-2/h4-5,7-8H,10H2,1-3H3;2H,1H3. The van der Waals surface area contributed by atoms with Gasteiger partial charge in [0.05, 0.1) is 0 Å². The van der Waals surface area contributed by atoms with Gasteiger partial charge in [-0.3, -0.25) is 5.14 Å². The molecule has 0 bridgehead atoms. The van der Waals surface area contributed by atoms with E-state index >= 15 is 0 Å². The first kappa shape index (κ1) is 14.3. The number of rotatable bonds is 3. The molecular weight excluding hydrogens is 210 g/mol. The first-order valence-electron chi connectivity index (χ1n) is 4.74. The monoisotopic (exact) mass is 229 g/mol. The van der Waals surface area contributed by atoms with Gasteiger partial charge in [-0.2, -0.15) is 0 Å². The molecule has 2 atom stereocenters. The molecule has 2 unspecified atom stereocenters. The topological polar surface area (TPSA) is 72.0 Å². The minimum Gasteiger partial charge on any atom is -0.400 e. The van der Waals surface area contributed by atoms with E-state index in [9.17, 15) is 0 Å². The van der Waals surface area contributed by atoms with Crippen LogP contribution in [0.15, 0.2) is 12.4 Å². The van der Waals surface area contributed by atoms with E-state index in [0.717, 1.165) is 18.5 Å². The fraction of sp³-hybridized carbons (Fsp3) is 0.600. The van der Waals surface area contributed by atoms with Crippen LogP contribution in [0.5, 0.6) is 0 Å². The molecule has 0 saturated heterocycles. The van der Waals surface area contributed by atoms with Gasteiger partial charge in [-0.25, -0.2) is 9.97 Å². The molecule has 0 aromatic carbocycles. The number of hydrogen-bond donors (Lipinski definition) is 2. The SMILES string of the molecule is CO.Cc1cnc(C(C)C(C)SN)nc1. The third-order valence-corrected chi connectivity index (χ3v) is 2.96. The highest BCUT2D eigenvalue weighted by molar-refractivity contribution is 7.97. The third kappa shape index (κ3) is 4.59. The zero-order valence-electron chi connectivity index (χ0n) is 9.64. The minimum absolute atomic E-state index is 0.301. The van der Waals surface area contributed by atoms with Gasteiger partial charge in [-0.05, 0) is 12.5 Å². The largest absolute Gasteiger partial charge is 0.400 e. The number of aliphatic hydroxyl groups is 1. The van der Waals surface area contributed by atoms with Gasteiger partial charge >= 0.3 is 0 Å². The van der Waals surface area contributed by atoms with Crippen LogP contribution in [-0.2, 0) is 0 Å². The molecule has 1 aromatic rings. The molecule has 4 nitrogen and oxygen atoms in total. The maximum Gasteiger partial charge on any atom is 0.132 e. The Labute approximate surface area is 95.5 Å². The molecule has 0 aliphatic rings. The van der Waals surface area contributed by atoms with Gasteiger partial charge in [0.15, 0.2) is 0 Å². The van der Waals surface area contributed by atoms with Crippen LogP contribution in [0.2, 0.25) is 0 Å². The predicted octanol–water partition coefficient (Wildman–Crippen LogP) is 1.49. The lowest BCUT2D eigenvalue weighted by molar-refractivity contribution is 0.399. The molecule has 1 aromatic heterocycles. The van der Waals surface area contributed by atoms with E-state index < -0.39 is 0 Å². The second kappa shape index (κ2) is 7.62. The van der Waals surface area contributed by atoms with Gasteiger partial charge in [0.1, 0.15) is 5.82 Å². The smallest absolute Gasteiger partial charge is 0.132 e. The summed E-state index contributed by atoms with van der Waals surface area (Å²) in [6.07, 6.45) is 3.68. The molecule has 1 rings (SSSR count). The number of hydrogen-bond acceptors (Lipinski definition) is 5. The fourth-order valence-electron chi connectivity index (χ4n) is 0.965. The Hall–Kier alpha value is -0.650. The number of nitrogens with zero attached hydrogens (tertiary/aromatic N) is 2. The van der Waals surface area contributed by atoms with Crippen LogP contribution in [0, 0.1) is 6.92 Å². The van der Waals surface area contributed by atoms with Crippen molar-refractivity contribution in [1.29, 1.82) is 0 Å². The number of nitrogens with two attached hydrogens (primary N) is 1. The van der Waals surface area contributed by atoms with Crippen LogP contribution < -0.4 is 5.14 Å². The van der Waals surface area contributed by atoms with Crippen molar-refractivity contribution in [1.82, 2.24) is 9.97 Å². The van der Waals surface area contributed by atoms with E-state index in [0.29, 0.717) is 11.2 Å². The first-order chi connectivity index (χ1) is 7.15. The van der Waals surface area contributed by atoms with Crippen LogP contribution in [0.25, 0.3) is 0 Å². The Bertz CT molecular complexity index is 266. The van der Waals surface area contributed by atoms with Gasteiger partial charge in [0, 0.05) is 30.7 Å². The lowest BCUT2D eigenvalue weighted by Crippen LogP contribution is -2.13. The van der Waals surface area contributed by atoms with Gasteiger partial charge in [0.2, 0.25) is 0 Å². The summed E-state index contributed by atoms with van der Waals surface area (Å²) in [6.45, 7) is 6.16. The van der Waals surface area contributed by atoms with Crippen molar-refractivity contribution in [3.05, 3.63) is 23.8 Å². The summed E-state index contributed by atoms with van der Waals surface area (Å²) in [5.74, 6) is 1.17. The maximum absolute atomic E-state index is 7.00. The molecule has 0 amide bonds. The quantitative estimate of drug-likeness (QED) is 0.768. The molecule has 0 radical (unpaired) electrons. The highest BCUT2D eigenvalue weighted by Crippen LogP contribution is 2.21. The molecule has 86 valence electrons. The van der Waals surface area contributed by atoms with E-state index in [2.05, 4.69) is 23.8 Å². The summed E-state index contributed by atoms with van der Waals surface area (Å²) >= 11 is 1.35. The van der Waals surface area contributed by atoms with Crippen molar-refractivity contribution in [3.8, 4) is 0 Å². The lowest BCUT2D eigenvalue weighted by atomic mass is 10.1. The van der Waals surface area contributed by atoms with E-state index in [1.54, 1.807) is 0 Å². The molecule has 3 N–H and O–H groups in total. The van der Waals surface area contributed by atoms with Crippen molar-refractivity contribution in [3.63, 3.8) is 0 Å². The second-order valence-electron chi connectivity index (χ2n) is 3.25. The Kier molecular flexibility index (Phi) is 7.29. The number of aryl methyl sites for hydroxylation is 1. The summed E-state index contributed by atoms with van der Waals surface area (Å²) in [4.78, 5) is 8.53. The van der Waals surface area contributed by atoms with Gasteiger partial charge in [0.25, 0.3) is 0 Å². The van der Waals surface area contributed by atoms with E-state index in [-0.39, 0.29) is 0 Å². The molecule has 0 fully saturated rings. The molecule has 15 heavy (non-hydrogen) atoms. The van der Waals surface area contributed by atoms with Crippen LogP contribution in [0.4, 0.5) is 0 Å². The Morgan fingerprint density at radius 1 is 1.27 bits per heavy atom. The summed E-state index contributed by atoms with van der Waals surface area (Å²) in [5.41, 5.74) is 1.09. The van der Waals surface area contributed by atoms with Crippen LogP contribution in [0.1, 0.15) is 31.2 Å². The maximum atomic E-state index is 7.00. The van der Waals surface area contributed by atoms with Crippen molar-refractivity contribution in [2.24, 2.45) is 5.14 Å². The van der Waals surface area contributed by atoms with Crippen LogP contribution in [-0.4, -0.2) is 27.4 Å². The Morgan fingerprint density at radius 3 is 2.13 bits per heavy atom. The van der Waals surface area contributed by atoms with Crippen molar-refractivity contribution < 1.29 is 5.11 Å². The van der Waals surface area contributed by atoms with Crippen molar-refractivity contribution in [2.75, 3.05) is 7.11 Å². The highest BCUT2D eigenvalue weighted by Gasteiger charge is 2.15. The van der Waals surface area contributed by atoms with Crippen LogP contribution >= 0.6 is 11.9 Å². The fourth-order valence-corrected chi connectivity index (χ4v) is 1.32. The first-order valence-corrected chi connectivity index (χ1v) is 5.68. The molecule has 5 heteroatoms. The third-order valence-electron chi connectivity index (χ3n) is 2.13. The van der Waals surface area contributed by atoms with E-state index in [1.165, 1.54) is 11.9 Å². The Morgan fingerprint density at radius 2 is 1.73 bits per heavy atom. The molecule has 0 spiro atoms. The normalized spacial score (nSPS) is 13.7. The predicted molar refractivity (Wildman–Crippen MR) is 64.6 cm³/mol. The van der Waals surface area contributed by atoms with Gasteiger partial charge in [-0.15, -0.1) is 0 Å². The molecule has 1 heterocycles. The second-order valence-corrected chi connectivity index (χ2v) is 4.26. The Balaban J connectivity index is 0.000000921. The highest BCUT2D eigenvalue weighted by atomic mass is 32.2. The summed E-state index contributed by atoms with van der Waals surface area (Å²) in [6, 6.07) is 0. The summed E-state index contributed by atoms with van der Waals surface area (Å²) < 4.78 is 0. The molecule has 0 aliphatic heterocycles. The number of aliphatic hydroxyl groups excluding tert-OH is 1. The molecular formula is C10H19N3OS. The van der Waals surface area contributed by atoms with Gasteiger partial charge < -0.3 is 5.11 Å². The summed E-state index contributed by atoms with van der Waals surface area (Å²) in [7, 11) is 1.00. The zero-order chi connectivity index (χ0) is 11.8. The average molecular weight is 229 g/mol. The molecule has 0 aliphatic carbocycles. The van der Waals surface area contributed by atoms with Gasteiger partial charge in [-0.1, -0.05) is 25.8 Å². The van der Waals surface area contributed by atoms with E-state index in [4.69, 9.17) is 10.2 Å².